The zero-order valence-electron chi connectivity index (χ0n) is 11.2. The Hall–Kier alpha value is -1.10. The van der Waals surface area contributed by atoms with Crippen molar-refractivity contribution in [3.05, 3.63) is 29.0 Å². The topological polar surface area (TPSA) is 39.1 Å². The number of fused-ring (bicyclic) bond motifs is 1. The van der Waals surface area contributed by atoms with Crippen LogP contribution in [0.2, 0.25) is 5.02 Å². The maximum atomic E-state index is 6.27. The highest BCUT2D eigenvalue weighted by Gasteiger charge is 2.32. The molecule has 4 nitrogen and oxygen atoms in total. The van der Waals surface area contributed by atoms with Crippen molar-refractivity contribution in [2.45, 2.75) is 18.9 Å². The molecule has 0 bridgehead atoms. The molecule has 0 radical (unpaired) electrons. The molecule has 102 valence electrons. The molecular formula is C14H18ClN3O. The fourth-order valence-electron chi connectivity index (χ4n) is 2.84. The van der Waals surface area contributed by atoms with Crippen LogP contribution in [0.5, 0.6) is 0 Å². The van der Waals surface area contributed by atoms with Crippen molar-refractivity contribution in [3.63, 3.8) is 0 Å². The highest BCUT2D eigenvalue weighted by molar-refractivity contribution is 6.35. The Morgan fingerprint density at radius 1 is 1.47 bits per heavy atom. The fourth-order valence-corrected chi connectivity index (χ4v) is 3.14. The molecule has 2 aromatic rings. The van der Waals surface area contributed by atoms with Crippen LogP contribution in [0.25, 0.3) is 11.0 Å². The standard InChI is InChI=1S/C14H18ClN3O/c1-3-16-12-8-19-7-9(12)14-17-11-6-4-5-10(15)13(11)18(14)2/h4-6,9,12,16H,3,7-8H2,1-2H3. The van der Waals surface area contributed by atoms with Crippen LogP contribution in [0.1, 0.15) is 18.7 Å². The van der Waals surface area contributed by atoms with Crippen LogP contribution < -0.4 is 5.32 Å². The molecule has 0 saturated carbocycles. The summed E-state index contributed by atoms with van der Waals surface area (Å²) in [6.07, 6.45) is 0. The van der Waals surface area contributed by atoms with E-state index in [9.17, 15) is 0 Å². The second-order valence-corrected chi connectivity index (χ2v) is 5.35. The van der Waals surface area contributed by atoms with Crippen LogP contribution >= 0.6 is 11.6 Å². The van der Waals surface area contributed by atoms with Crippen LogP contribution in [-0.2, 0) is 11.8 Å². The number of rotatable bonds is 3. The summed E-state index contributed by atoms with van der Waals surface area (Å²) in [5.74, 6) is 1.33. The number of likely N-dealkylation sites (N-methyl/N-ethyl adjacent to an activating group) is 1. The molecule has 1 aliphatic rings. The van der Waals surface area contributed by atoms with Crippen LogP contribution in [-0.4, -0.2) is 35.4 Å². The number of halogens is 1. The summed E-state index contributed by atoms with van der Waals surface area (Å²) in [5.41, 5.74) is 1.95. The largest absolute Gasteiger partial charge is 0.379 e. The quantitative estimate of drug-likeness (QED) is 0.937. The predicted molar refractivity (Wildman–Crippen MR) is 76.7 cm³/mol. The van der Waals surface area contributed by atoms with Crippen molar-refractivity contribution in [2.24, 2.45) is 7.05 Å². The lowest BCUT2D eigenvalue weighted by atomic mass is 10.0. The molecule has 0 aliphatic carbocycles. The Bertz CT molecular complexity index is 596. The van der Waals surface area contributed by atoms with Crippen LogP contribution in [0, 0.1) is 0 Å². The van der Waals surface area contributed by atoms with E-state index < -0.39 is 0 Å². The van der Waals surface area contributed by atoms with E-state index in [1.54, 1.807) is 0 Å². The third kappa shape index (κ3) is 2.14. The normalized spacial score (nSPS) is 23.3. The number of hydrogen-bond acceptors (Lipinski definition) is 3. The zero-order valence-corrected chi connectivity index (χ0v) is 11.9. The van der Waals surface area contributed by atoms with E-state index in [1.165, 1.54) is 0 Å². The molecule has 19 heavy (non-hydrogen) atoms. The number of aryl methyl sites for hydroxylation is 1. The molecule has 1 fully saturated rings. The van der Waals surface area contributed by atoms with Crippen molar-refractivity contribution < 1.29 is 4.74 Å². The Balaban J connectivity index is 2.05. The highest BCUT2D eigenvalue weighted by atomic mass is 35.5. The van der Waals surface area contributed by atoms with E-state index in [4.69, 9.17) is 21.3 Å². The summed E-state index contributed by atoms with van der Waals surface area (Å²) in [6, 6.07) is 6.18. The SMILES string of the molecule is CCNC1COCC1c1nc2cccc(Cl)c2n1C. The van der Waals surface area contributed by atoms with Gasteiger partial charge in [-0.05, 0) is 18.7 Å². The highest BCUT2D eigenvalue weighted by Crippen LogP contribution is 2.30. The minimum Gasteiger partial charge on any atom is -0.379 e. The van der Waals surface area contributed by atoms with Gasteiger partial charge in [0.15, 0.2) is 0 Å². The smallest absolute Gasteiger partial charge is 0.116 e. The van der Waals surface area contributed by atoms with Gasteiger partial charge in [-0.2, -0.15) is 0 Å². The van der Waals surface area contributed by atoms with Crippen LogP contribution in [0.3, 0.4) is 0 Å². The number of imidazole rings is 1. The van der Waals surface area contributed by atoms with Gasteiger partial charge in [0.2, 0.25) is 0 Å². The number of aromatic nitrogens is 2. The molecule has 1 aromatic carbocycles. The second-order valence-electron chi connectivity index (χ2n) is 4.94. The third-order valence-corrected chi connectivity index (χ3v) is 4.06. The summed E-state index contributed by atoms with van der Waals surface area (Å²) in [5, 5.41) is 4.22. The first-order valence-electron chi connectivity index (χ1n) is 6.64. The number of para-hydroxylation sites is 1. The Morgan fingerprint density at radius 3 is 3.05 bits per heavy atom. The summed E-state index contributed by atoms with van der Waals surface area (Å²) >= 11 is 6.27. The molecular weight excluding hydrogens is 262 g/mol. The molecule has 1 aromatic heterocycles. The van der Waals surface area contributed by atoms with E-state index in [0.29, 0.717) is 12.6 Å². The molecule has 2 atom stereocenters. The van der Waals surface area contributed by atoms with E-state index in [-0.39, 0.29) is 5.92 Å². The molecule has 3 rings (SSSR count). The van der Waals surface area contributed by atoms with Gasteiger partial charge in [-0.15, -0.1) is 0 Å². The lowest BCUT2D eigenvalue weighted by Gasteiger charge is -2.17. The van der Waals surface area contributed by atoms with Gasteiger partial charge in [0, 0.05) is 13.1 Å². The fraction of sp³-hybridized carbons (Fsp3) is 0.500. The molecule has 0 spiro atoms. The predicted octanol–water partition coefficient (Wildman–Crippen LogP) is 2.32. The van der Waals surface area contributed by atoms with E-state index in [2.05, 4.69) is 16.8 Å². The molecule has 1 N–H and O–H groups in total. The summed E-state index contributed by atoms with van der Waals surface area (Å²) in [7, 11) is 2.03. The van der Waals surface area contributed by atoms with Crippen LogP contribution in [0.15, 0.2) is 18.2 Å². The number of nitrogens with one attached hydrogen (secondary N) is 1. The van der Waals surface area contributed by atoms with E-state index >= 15 is 0 Å². The molecule has 2 heterocycles. The Morgan fingerprint density at radius 2 is 2.32 bits per heavy atom. The Kier molecular flexibility index (Phi) is 3.48. The average Bonchev–Trinajstić information content (AvgIpc) is 2.96. The lowest BCUT2D eigenvalue weighted by Crippen LogP contribution is -2.35. The molecule has 5 heteroatoms. The first-order valence-corrected chi connectivity index (χ1v) is 7.02. The molecule has 1 saturated heterocycles. The first-order chi connectivity index (χ1) is 9.22. The zero-order chi connectivity index (χ0) is 13.4. The van der Waals surface area contributed by atoms with Gasteiger partial charge in [-0.3, -0.25) is 0 Å². The van der Waals surface area contributed by atoms with E-state index in [0.717, 1.165) is 35.0 Å². The second kappa shape index (κ2) is 5.12. The number of ether oxygens (including phenoxy) is 1. The summed E-state index contributed by atoms with van der Waals surface area (Å²) in [4.78, 5) is 4.75. The number of nitrogens with zero attached hydrogens (tertiary/aromatic N) is 2. The maximum absolute atomic E-state index is 6.27. The van der Waals surface area contributed by atoms with Crippen molar-refractivity contribution >= 4 is 22.6 Å². The van der Waals surface area contributed by atoms with Gasteiger partial charge in [0.05, 0.1) is 35.2 Å². The van der Waals surface area contributed by atoms with Gasteiger partial charge in [0.1, 0.15) is 5.82 Å². The summed E-state index contributed by atoms with van der Waals surface area (Å²) in [6.45, 7) is 4.51. The monoisotopic (exact) mass is 279 g/mol. The number of benzene rings is 1. The minimum atomic E-state index is 0.286. The lowest BCUT2D eigenvalue weighted by molar-refractivity contribution is 0.187. The van der Waals surface area contributed by atoms with Gasteiger partial charge < -0.3 is 14.6 Å². The summed E-state index contributed by atoms with van der Waals surface area (Å²) < 4.78 is 7.71. The van der Waals surface area contributed by atoms with Crippen molar-refractivity contribution in [2.75, 3.05) is 19.8 Å². The minimum absolute atomic E-state index is 0.286. The number of hydrogen-bond donors (Lipinski definition) is 1. The van der Waals surface area contributed by atoms with Crippen molar-refractivity contribution in [1.82, 2.24) is 14.9 Å². The van der Waals surface area contributed by atoms with Gasteiger partial charge in [-0.1, -0.05) is 24.6 Å². The van der Waals surface area contributed by atoms with E-state index in [1.807, 2.05) is 25.2 Å². The van der Waals surface area contributed by atoms with Crippen molar-refractivity contribution in [3.8, 4) is 0 Å². The van der Waals surface area contributed by atoms with Crippen molar-refractivity contribution in [1.29, 1.82) is 0 Å². The first kappa shape index (κ1) is 12.9. The maximum Gasteiger partial charge on any atom is 0.116 e. The molecule has 1 aliphatic heterocycles. The third-order valence-electron chi connectivity index (χ3n) is 3.76. The van der Waals surface area contributed by atoms with Crippen LogP contribution in [0.4, 0.5) is 0 Å². The Labute approximate surface area is 117 Å². The van der Waals surface area contributed by atoms with Gasteiger partial charge in [-0.25, -0.2) is 4.98 Å². The molecule has 0 amide bonds. The van der Waals surface area contributed by atoms with Gasteiger partial charge in [0.25, 0.3) is 0 Å². The van der Waals surface area contributed by atoms with Gasteiger partial charge >= 0.3 is 0 Å². The molecule has 2 unspecified atom stereocenters. The average molecular weight is 280 g/mol.